The summed E-state index contributed by atoms with van der Waals surface area (Å²) in [5, 5.41) is 0. The molecule has 0 amide bonds. The molecule has 0 aliphatic heterocycles. The van der Waals surface area contributed by atoms with Crippen LogP contribution in [0.1, 0.15) is 10.4 Å². The number of hydrogen-bond donors (Lipinski definition) is 0. The summed E-state index contributed by atoms with van der Waals surface area (Å²) in [6, 6.07) is 17.5. The molecule has 1 nitrogen and oxygen atoms in total. The van der Waals surface area contributed by atoms with Crippen molar-refractivity contribution in [3.63, 3.8) is 0 Å². The van der Waals surface area contributed by atoms with Gasteiger partial charge in [-0.1, -0.05) is 48.5 Å². The zero-order valence-corrected chi connectivity index (χ0v) is 9.45. The van der Waals surface area contributed by atoms with Gasteiger partial charge in [0.25, 0.3) is 0 Å². The fraction of sp³-hybridized carbons (Fsp3) is 0.0714. The Balaban J connectivity index is 2.40. The first-order valence-corrected chi connectivity index (χ1v) is 5.59. The Hall–Kier alpha value is -1.60. The maximum absolute atomic E-state index is 11.5. The van der Waals surface area contributed by atoms with Crippen LogP contribution < -0.4 is 0 Å². The number of rotatable bonds is 3. The molecule has 2 aromatic carbocycles. The fourth-order valence-electron chi connectivity index (χ4n) is 1.58. The molecule has 2 rings (SSSR count). The standard InChI is InChI=1S/C14H11ClO/c15-10-14(16)13-8-4-7-12(9-13)11-5-2-1-3-6-11/h1-9H,10H2. The van der Waals surface area contributed by atoms with Gasteiger partial charge in [0.1, 0.15) is 0 Å². The van der Waals surface area contributed by atoms with Crippen LogP contribution in [0.15, 0.2) is 54.6 Å². The first kappa shape index (κ1) is 10.9. The van der Waals surface area contributed by atoms with Gasteiger partial charge < -0.3 is 0 Å². The van der Waals surface area contributed by atoms with Gasteiger partial charge in [-0.25, -0.2) is 0 Å². The Kier molecular flexibility index (Phi) is 3.37. The minimum atomic E-state index is -0.0422. The molecule has 2 heteroatoms. The van der Waals surface area contributed by atoms with Gasteiger partial charge in [-0.3, -0.25) is 4.79 Å². The molecular formula is C14H11ClO. The lowest BCUT2D eigenvalue weighted by molar-refractivity contribution is 0.102. The third kappa shape index (κ3) is 2.31. The highest BCUT2D eigenvalue weighted by atomic mass is 35.5. The van der Waals surface area contributed by atoms with Crippen LogP contribution in [0.3, 0.4) is 0 Å². The van der Waals surface area contributed by atoms with Crippen LogP contribution >= 0.6 is 11.6 Å². The summed E-state index contributed by atoms with van der Waals surface area (Å²) in [7, 11) is 0. The lowest BCUT2D eigenvalue weighted by atomic mass is 10.0. The highest BCUT2D eigenvalue weighted by molar-refractivity contribution is 6.30. The van der Waals surface area contributed by atoms with E-state index in [4.69, 9.17) is 11.6 Å². The topological polar surface area (TPSA) is 17.1 Å². The maximum atomic E-state index is 11.5. The third-order valence-corrected chi connectivity index (χ3v) is 2.66. The SMILES string of the molecule is O=C(CCl)c1cccc(-c2ccccc2)c1. The van der Waals surface area contributed by atoms with Crippen LogP contribution in [0.25, 0.3) is 11.1 Å². The van der Waals surface area contributed by atoms with E-state index in [9.17, 15) is 4.79 Å². The molecule has 0 heterocycles. The van der Waals surface area contributed by atoms with Crippen molar-refractivity contribution in [1.82, 2.24) is 0 Å². The highest BCUT2D eigenvalue weighted by Gasteiger charge is 2.05. The van der Waals surface area contributed by atoms with Crippen LogP contribution in [0.2, 0.25) is 0 Å². The van der Waals surface area contributed by atoms with E-state index in [0.717, 1.165) is 11.1 Å². The molecule has 0 fully saturated rings. The molecule has 80 valence electrons. The molecule has 0 aliphatic carbocycles. The van der Waals surface area contributed by atoms with Crippen molar-refractivity contribution in [1.29, 1.82) is 0 Å². The summed E-state index contributed by atoms with van der Waals surface area (Å²) in [5.41, 5.74) is 2.81. The van der Waals surface area contributed by atoms with Gasteiger partial charge in [0.2, 0.25) is 0 Å². The van der Waals surface area contributed by atoms with Crippen molar-refractivity contribution in [3.8, 4) is 11.1 Å². The van der Waals surface area contributed by atoms with E-state index < -0.39 is 0 Å². The molecule has 0 saturated heterocycles. The van der Waals surface area contributed by atoms with Gasteiger partial charge >= 0.3 is 0 Å². The summed E-state index contributed by atoms with van der Waals surface area (Å²) in [5.74, 6) is -0.0161. The van der Waals surface area contributed by atoms with Crippen molar-refractivity contribution in [2.45, 2.75) is 0 Å². The number of carbonyl (C=O) groups excluding carboxylic acids is 1. The number of carbonyl (C=O) groups is 1. The second-order valence-corrected chi connectivity index (χ2v) is 3.77. The molecule has 2 aromatic rings. The average molecular weight is 231 g/mol. The first-order chi connectivity index (χ1) is 7.81. The van der Waals surface area contributed by atoms with Gasteiger partial charge in [-0.15, -0.1) is 11.6 Å². The number of halogens is 1. The molecule has 0 radical (unpaired) electrons. The van der Waals surface area contributed by atoms with Gasteiger partial charge in [0, 0.05) is 5.56 Å². The van der Waals surface area contributed by atoms with E-state index in [2.05, 4.69) is 0 Å². The molecule has 0 N–H and O–H groups in total. The Morgan fingerprint density at radius 3 is 2.31 bits per heavy atom. The summed E-state index contributed by atoms with van der Waals surface area (Å²) < 4.78 is 0. The Labute approximate surface area is 99.7 Å². The maximum Gasteiger partial charge on any atom is 0.177 e. The Morgan fingerprint density at radius 1 is 0.938 bits per heavy atom. The van der Waals surface area contributed by atoms with Crippen LogP contribution in [-0.4, -0.2) is 11.7 Å². The summed E-state index contributed by atoms with van der Waals surface area (Å²) >= 11 is 5.54. The molecule has 0 aromatic heterocycles. The van der Waals surface area contributed by atoms with Crippen molar-refractivity contribution in [2.24, 2.45) is 0 Å². The van der Waals surface area contributed by atoms with Crippen molar-refractivity contribution < 1.29 is 4.79 Å². The number of alkyl halides is 1. The van der Waals surface area contributed by atoms with E-state index in [1.54, 1.807) is 6.07 Å². The summed E-state index contributed by atoms with van der Waals surface area (Å²) in [4.78, 5) is 11.5. The second-order valence-electron chi connectivity index (χ2n) is 3.50. The van der Waals surface area contributed by atoms with Crippen LogP contribution in [0.5, 0.6) is 0 Å². The molecule has 0 spiro atoms. The third-order valence-electron chi connectivity index (χ3n) is 2.41. The number of hydrogen-bond acceptors (Lipinski definition) is 1. The van der Waals surface area contributed by atoms with E-state index in [0.29, 0.717) is 5.56 Å². The largest absolute Gasteiger partial charge is 0.293 e. The quantitative estimate of drug-likeness (QED) is 0.579. The number of benzene rings is 2. The fourth-order valence-corrected chi connectivity index (χ4v) is 1.73. The first-order valence-electron chi connectivity index (χ1n) is 5.06. The molecular weight excluding hydrogens is 220 g/mol. The van der Waals surface area contributed by atoms with Gasteiger partial charge in [-0.2, -0.15) is 0 Å². The zero-order chi connectivity index (χ0) is 11.4. The number of Topliss-reactive ketones (excluding diaryl/α,β-unsaturated/α-hetero) is 1. The van der Waals surface area contributed by atoms with E-state index >= 15 is 0 Å². The zero-order valence-electron chi connectivity index (χ0n) is 8.69. The van der Waals surface area contributed by atoms with Gasteiger partial charge in [-0.05, 0) is 17.2 Å². The molecule has 0 unspecified atom stereocenters. The molecule has 0 saturated carbocycles. The molecule has 16 heavy (non-hydrogen) atoms. The molecule has 0 aliphatic rings. The number of ketones is 1. The smallest absolute Gasteiger partial charge is 0.177 e. The normalized spacial score (nSPS) is 10.1. The van der Waals surface area contributed by atoms with Crippen LogP contribution in [0.4, 0.5) is 0 Å². The van der Waals surface area contributed by atoms with Gasteiger partial charge in [0.15, 0.2) is 5.78 Å². The van der Waals surface area contributed by atoms with E-state index in [1.807, 2.05) is 48.5 Å². The predicted octanol–water partition coefficient (Wildman–Crippen LogP) is 3.78. The molecule has 0 bridgehead atoms. The van der Waals surface area contributed by atoms with Crippen molar-refractivity contribution >= 4 is 17.4 Å². The van der Waals surface area contributed by atoms with Crippen LogP contribution in [0, 0.1) is 0 Å². The lowest BCUT2D eigenvalue weighted by Gasteiger charge is -2.03. The summed E-state index contributed by atoms with van der Waals surface area (Å²) in [6.07, 6.45) is 0. The van der Waals surface area contributed by atoms with Gasteiger partial charge in [0.05, 0.1) is 5.88 Å². The Morgan fingerprint density at radius 2 is 1.62 bits per heavy atom. The molecule has 0 atom stereocenters. The van der Waals surface area contributed by atoms with E-state index in [-0.39, 0.29) is 11.7 Å². The minimum Gasteiger partial charge on any atom is -0.293 e. The van der Waals surface area contributed by atoms with Crippen molar-refractivity contribution in [3.05, 3.63) is 60.2 Å². The summed E-state index contributed by atoms with van der Waals surface area (Å²) in [6.45, 7) is 0. The Bertz CT molecular complexity index is 491. The average Bonchev–Trinajstić information content (AvgIpc) is 2.39. The minimum absolute atomic E-state index is 0.0260. The lowest BCUT2D eigenvalue weighted by Crippen LogP contribution is -1.99. The van der Waals surface area contributed by atoms with Crippen LogP contribution in [-0.2, 0) is 0 Å². The highest BCUT2D eigenvalue weighted by Crippen LogP contribution is 2.20. The second kappa shape index (κ2) is 4.95. The predicted molar refractivity (Wildman–Crippen MR) is 66.9 cm³/mol. The van der Waals surface area contributed by atoms with Crippen molar-refractivity contribution in [2.75, 3.05) is 5.88 Å². The monoisotopic (exact) mass is 230 g/mol. The van der Waals surface area contributed by atoms with E-state index in [1.165, 1.54) is 0 Å².